The van der Waals surface area contributed by atoms with Gasteiger partial charge < -0.3 is 10.6 Å². The normalized spacial score (nSPS) is 12.6. The molecular weight excluding hydrogens is 286 g/mol. The van der Waals surface area contributed by atoms with Gasteiger partial charge in [-0.2, -0.15) is 0 Å². The Morgan fingerprint density at radius 1 is 1.24 bits per heavy atom. The predicted molar refractivity (Wildman–Crippen MR) is 86.5 cm³/mol. The van der Waals surface area contributed by atoms with Crippen molar-refractivity contribution < 1.29 is 8.42 Å². The van der Waals surface area contributed by atoms with E-state index < -0.39 is 9.84 Å². The van der Waals surface area contributed by atoms with Crippen LogP contribution < -0.4 is 5.73 Å². The molecule has 0 atom stereocenters. The van der Waals surface area contributed by atoms with Crippen molar-refractivity contribution >= 4 is 15.7 Å². The number of hydrogen-bond donors (Lipinski definition) is 2. The molecule has 0 saturated heterocycles. The van der Waals surface area contributed by atoms with Gasteiger partial charge in [-0.15, -0.1) is 0 Å². The highest BCUT2D eigenvalue weighted by Gasteiger charge is 2.18. The van der Waals surface area contributed by atoms with E-state index in [-0.39, 0.29) is 21.9 Å². The van der Waals surface area contributed by atoms with Gasteiger partial charge in [0.15, 0.2) is 9.84 Å². The molecular formula is C15H25N3O2S. The highest BCUT2D eigenvalue weighted by atomic mass is 32.2. The molecule has 6 heteroatoms. The minimum Gasteiger partial charge on any atom is -0.384 e. The van der Waals surface area contributed by atoms with E-state index in [1.807, 2.05) is 11.9 Å². The van der Waals surface area contributed by atoms with Gasteiger partial charge in [0.05, 0.1) is 10.6 Å². The smallest absolute Gasteiger partial charge is 0.179 e. The van der Waals surface area contributed by atoms with Crippen molar-refractivity contribution in [1.82, 2.24) is 4.90 Å². The van der Waals surface area contributed by atoms with Crippen molar-refractivity contribution in [2.75, 3.05) is 25.9 Å². The topological polar surface area (TPSA) is 87.2 Å². The minimum atomic E-state index is -3.31. The second-order valence-corrected chi connectivity index (χ2v) is 8.66. The van der Waals surface area contributed by atoms with E-state index in [9.17, 15) is 8.42 Å². The van der Waals surface area contributed by atoms with Crippen molar-refractivity contribution in [3.05, 3.63) is 29.8 Å². The zero-order valence-electron chi connectivity index (χ0n) is 13.2. The number of rotatable bonds is 6. The summed E-state index contributed by atoms with van der Waals surface area (Å²) in [5.41, 5.74) is 6.02. The van der Waals surface area contributed by atoms with Gasteiger partial charge in [-0.3, -0.25) is 5.41 Å². The van der Waals surface area contributed by atoms with Gasteiger partial charge in [-0.05, 0) is 24.6 Å². The number of nitrogen functional groups attached to an aromatic ring is 1. The Bertz CT molecular complexity index is 586. The lowest BCUT2D eigenvalue weighted by atomic mass is 9.96. The number of nitrogens with zero attached hydrogens (tertiary/aromatic N) is 1. The van der Waals surface area contributed by atoms with Crippen molar-refractivity contribution in [3.63, 3.8) is 0 Å². The van der Waals surface area contributed by atoms with Crippen LogP contribution in [0.25, 0.3) is 0 Å². The molecule has 0 fully saturated rings. The number of nitrogens with two attached hydrogens (primary N) is 1. The first-order chi connectivity index (χ1) is 9.51. The van der Waals surface area contributed by atoms with Crippen LogP contribution in [-0.2, 0) is 9.84 Å². The number of amidine groups is 1. The third-order valence-corrected chi connectivity index (χ3v) is 4.72. The first kappa shape index (κ1) is 17.7. The predicted octanol–water partition coefficient (Wildman–Crippen LogP) is 1.72. The summed E-state index contributed by atoms with van der Waals surface area (Å²) >= 11 is 0. The Labute approximate surface area is 127 Å². The van der Waals surface area contributed by atoms with E-state index in [2.05, 4.69) is 20.8 Å². The molecule has 0 aliphatic carbocycles. The number of nitrogens with one attached hydrogen (secondary N) is 1. The van der Waals surface area contributed by atoms with Crippen LogP contribution in [-0.4, -0.2) is 45.0 Å². The fourth-order valence-electron chi connectivity index (χ4n) is 2.12. The van der Waals surface area contributed by atoms with Gasteiger partial charge >= 0.3 is 0 Å². The molecule has 0 heterocycles. The Hall–Kier alpha value is -1.40. The molecule has 0 aromatic heterocycles. The average Bonchev–Trinajstić information content (AvgIpc) is 2.34. The fourth-order valence-corrected chi connectivity index (χ4v) is 3.46. The second-order valence-electron chi connectivity index (χ2n) is 6.56. The molecule has 0 unspecified atom stereocenters. The van der Waals surface area contributed by atoms with Crippen molar-refractivity contribution in [2.24, 2.45) is 11.1 Å². The third kappa shape index (κ3) is 5.85. The van der Waals surface area contributed by atoms with E-state index in [1.165, 1.54) is 12.1 Å². The molecule has 0 saturated carbocycles. The molecule has 5 nitrogen and oxygen atoms in total. The van der Waals surface area contributed by atoms with Crippen molar-refractivity contribution in [2.45, 2.75) is 25.7 Å². The molecule has 0 spiro atoms. The second kappa shape index (κ2) is 6.58. The van der Waals surface area contributed by atoms with E-state index in [4.69, 9.17) is 11.1 Å². The van der Waals surface area contributed by atoms with Crippen LogP contribution in [0.2, 0.25) is 0 Å². The van der Waals surface area contributed by atoms with Crippen LogP contribution in [0.4, 0.5) is 0 Å². The Balaban J connectivity index is 2.71. The zero-order valence-corrected chi connectivity index (χ0v) is 14.0. The standard InChI is InChI=1S/C15H25N3O2S/c1-15(2,3)11-18(4)9-10-21(19,20)13-7-5-12(6-8-13)14(16)17/h5-8H,9-11H2,1-4H3,(H3,16,17). The highest BCUT2D eigenvalue weighted by molar-refractivity contribution is 7.91. The first-order valence-electron chi connectivity index (χ1n) is 6.87. The van der Waals surface area contributed by atoms with Gasteiger partial charge in [0.1, 0.15) is 5.84 Å². The van der Waals surface area contributed by atoms with E-state index >= 15 is 0 Å². The van der Waals surface area contributed by atoms with Crippen molar-refractivity contribution in [1.29, 1.82) is 5.41 Å². The summed E-state index contributed by atoms with van der Waals surface area (Å²) in [6, 6.07) is 6.15. The van der Waals surface area contributed by atoms with Crippen LogP contribution in [0.1, 0.15) is 26.3 Å². The van der Waals surface area contributed by atoms with Crippen LogP contribution in [0.15, 0.2) is 29.2 Å². The lowest BCUT2D eigenvalue weighted by Crippen LogP contribution is -2.33. The lowest BCUT2D eigenvalue weighted by Gasteiger charge is -2.26. The van der Waals surface area contributed by atoms with E-state index in [1.54, 1.807) is 12.1 Å². The van der Waals surface area contributed by atoms with Crippen molar-refractivity contribution in [3.8, 4) is 0 Å². The zero-order chi connectivity index (χ0) is 16.3. The molecule has 0 amide bonds. The average molecular weight is 311 g/mol. The molecule has 0 bridgehead atoms. The maximum atomic E-state index is 12.3. The maximum absolute atomic E-state index is 12.3. The molecule has 1 rings (SSSR count). The summed E-state index contributed by atoms with van der Waals surface area (Å²) in [6.07, 6.45) is 0. The van der Waals surface area contributed by atoms with Crippen LogP contribution >= 0.6 is 0 Å². The van der Waals surface area contributed by atoms with Crippen LogP contribution in [0.5, 0.6) is 0 Å². The van der Waals surface area contributed by atoms with Gasteiger partial charge in [-0.25, -0.2) is 8.42 Å². The molecule has 21 heavy (non-hydrogen) atoms. The lowest BCUT2D eigenvalue weighted by molar-refractivity contribution is 0.236. The Morgan fingerprint density at radius 3 is 2.19 bits per heavy atom. The molecule has 1 aromatic carbocycles. The Morgan fingerprint density at radius 2 is 1.76 bits per heavy atom. The number of benzene rings is 1. The number of sulfone groups is 1. The first-order valence-corrected chi connectivity index (χ1v) is 8.52. The van der Waals surface area contributed by atoms with Gasteiger partial charge in [0.25, 0.3) is 0 Å². The summed E-state index contributed by atoms with van der Waals surface area (Å²) < 4.78 is 24.5. The van der Waals surface area contributed by atoms with Crippen LogP contribution in [0, 0.1) is 10.8 Å². The minimum absolute atomic E-state index is 0.0659. The van der Waals surface area contributed by atoms with Gasteiger partial charge in [0.2, 0.25) is 0 Å². The van der Waals surface area contributed by atoms with Gasteiger partial charge in [0, 0.05) is 18.7 Å². The Kier molecular flexibility index (Phi) is 5.53. The molecule has 1 aromatic rings. The summed E-state index contributed by atoms with van der Waals surface area (Å²) in [7, 11) is -1.38. The third-order valence-electron chi connectivity index (χ3n) is 3.01. The molecule has 0 radical (unpaired) electrons. The molecule has 0 aliphatic rings. The monoisotopic (exact) mass is 311 g/mol. The summed E-state index contributed by atoms with van der Waals surface area (Å²) in [6.45, 7) is 7.70. The largest absolute Gasteiger partial charge is 0.384 e. The van der Waals surface area contributed by atoms with E-state index in [0.29, 0.717) is 12.1 Å². The quantitative estimate of drug-likeness (QED) is 0.618. The molecule has 118 valence electrons. The SMILES string of the molecule is CN(CCS(=O)(=O)c1ccc(C(=N)N)cc1)CC(C)(C)C. The van der Waals surface area contributed by atoms with Crippen LogP contribution in [0.3, 0.4) is 0 Å². The summed E-state index contributed by atoms with van der Waals surface area (Å²) in [5, 5.41) is 7.30. The molecule has 0 aliphatic heterocycles. The highest BCUT2D eigenvalue weighted by Crippen LogP contribution is 2.16. The van der Waals surface area contributed by atoms with Gasteiger partial charge in [-0.1, -0.05) is 32.9 Å². The summed E-state index contributed by atoms with van der Waals surface area (Å²) in [4.78, 5) is 2.30. The fraction of sp³-hybridized carbons (Fsp3) is 0.533. The van der Waals surface area contributed by atoms with E-state index in [0.717, 1.165) is 6.54 Å². The molecule has 3 N–H and O–H groups in total. The summed E-state index contributed by atoms with van der Waals surface area (Å²) in [5.74, 6) is 0.0165. The maximum Gasteiger partial charge on any atom is 0.179 e. The number of hydrogen-bond acceptors (Lipinski definition) is 4.